The first-order valence-electron chi connectivity index (χ1n) is 15.7. The molecule has 2 aromatic heterocycles. The number of rotatable bonds is 5. The summed E-state index contributed by atoms with van der Waals surface area (Å²) in [6.07, 6.45) is 12.2. The van der Waals surface area contributed by atoms with E-state index in [1.165, 1.54) is 38.1 Å². The van der Waals surface area contributed by atoms with Crippen molar-refractivity contribution in [2.75, 3.05) is 45.0 Å². The molecule has 3 aliphatic heterocycles. The summed E-state index contributed by atoms with van der Waals surface area (Å²) in [5.74, 6) is -1.30. The number of carbonyl (C=O) groups excluding carboxylic acids is 2. The standard InChI is InChI=1S/C11H12N2O3.C10H13N3O.C6H4N2O4.C4H9N.BH.U/c14-11(12-6-1-2-7-12)9-4-3-5-10(8-9)13(15)16;11-9-5-8(6-12-7-9)10(14)13-3-1-2-4-13;9-6(10)4-1-5(8(11)12)3-7-2-4;1-2-4-5-3-1;;/h3-5,8H,1-2,6-7H2;5-7H,1-4,11H2;1-3H,(H,9,10);5H,1-4H2;1H;/i;;;;1T;. The van der Waals surface area contributed by atoms with E-state index in [1.807, 2.05) is 4.90 Å². The second-order valence-corrected chi connectivity index (χ2v) is 10.8. The quantitative estimate of drug-likeness (QED) is 0.191. The molecule has 0 unspecified atom stereocenters. The van der Waals surface area contributed by atoms with Gasteiger partial charge in [0.25, 0.3) is 23.2 Å². The Hall–Kier alpha value is -4.39. The van der Waals surface area contributed by atoms with Crippen molar-refractivity contribution in [3.63, 3.8) is 0 Å². The van der Waals surface area contributed by atoms with E-state index in [2.05, 4.69) is 23.7 Å². The van der Waals surface area contributed by atoms with Crippen LogP contribution < -0.4 is 11.1 Å². The van der Waals surface area contributed by atoms with Crippen LogP contribution in [0, 0.1) is 51.3 Å². The van der Waals surface area contributed by atoms with E-state index in [0.29, 0.717) is 16.8 Å². The normalized spacial score (nSPS) is 14.3. The number of carboxylic acid groups (broad SMARTS) is 1. The summed E-state index contributed by atoms with van der Waals surface area (Å²) in [6, 6.07) is 8.51. The molecule has 18 heteroatoms. The van der Waals surface area contributed by atoms with E-state index < -0.39 is 15.8 Å². The number of nitro groups is 2. The maximum absolute atomic E-state index is 11.9. The molecule has 0 spiro atoms. The molecule has 2 amide bonds. The van der Waals surface area contributed by atoms with Crippen molar-refractivity contribution in [2.45, 2.75) is 38.5 Å². The van der Waals surface area contributed by atoms with E-state index in [9.17, 15) is 34.6 Å². The number of nitrogens with one attached hydrogen (secondary N) is 1. The Bertz CT molecular complexity index is 1520. The fraction of sp³-hybridized carbons (Fsp3) is 0.387. The number of non-ortho nitro benzene ring substituents is 1. The largest absolute Gasteiger partial charge is 0.478 e. The fourth-order valence-corrected chi connectivity index (χ4v) is 4.80. The minimum absolute atomic E-state index is 0. The van der Waals surface area contributed by atoms with Gasteiger partial charge >= 0.3 is 5.97 Å². The van der Waals surface area contributed by atoms with E-state index in [-0.39, 0.29) is 59.9 Å². The number of amides is 2. The van der Waals surface area contributed by atoms with Crippen molar-refractivity contribution in [1.29, 1.82) is 1.34 Å². The van der Waals surface area contributed by atoms with E-state index in [4.69, 9.17) is 12.2 Å². The molecule has 3 saturated heterocycles. The molecule has 0 atom stereocenters. The van der Waals surface area contributed by atoms with Crippen molar-refractivity contribution in [3.8, 4) is 0 Å². The van der Waals surface area contributed by atoms with E-state index >= 15 is 0 Å². The maximum Gasteiger partial charge on any atom is 0.337 e. The van der Waals surface area contributed by atoms with Gasteiger partial charge in [-0.05, 0) is 65.1 Å². The summed E-state index contributed by atoms with van der Waals surface area (Å²) >= 11 is 0. The molecule has 3 aliphatic rings. The van der Waals surface area contributed by atoms with Gasteiger partial charge in [0.1, 0.15) is 6.20 Å². The number of nitrogen functional groups attached to an aromatic ring is 1. The minimum Gasteiger partial charge on any atom is -0.478 e. The fourth-order valence-electron chi connectivity index (χ4n) is 4.80. The first-order valence-corrected chi connectivity index (χ1v) is 15.1. The second kappa shape index (κ2) is 22.3. The average molecular weight is 903 g/mol. The molecule has 6 rings (SSSR count). The summed E-state index contributed by atoms with van der Waals surface area (Å²) in [5.41, 5.74) is 6.54. The number of carbonyl (C=O) groups is 3. The number of benzene rings is 1. The summed E-state index contributed by atoms with van der Waals surface area (Å²) < 4.78 is 5.25. The molecule has 5 heterocycles. The van der Waals surface area contributed by atoms with Gasteiger partial charge in [-0.1, -0.05) is 6.07 Å². The second-order valence-electron chi connectivity index (χ2n) is 10.8. The van der Waals surface area contributed by atoms with Gasteiger partial charge in [0.15, 0.2) is 0 Å². The average Bonchev–Trinajstić information content (AvgIpc) is 3.95. The number of hydrogen-bond donors (Lipinski definition) is 3. The van der Waals surface area contributed by atoms with Gasteiger partial charge in [0.05, 0.1) is 26.7 Å². The van der Waals surface area contributed by atoms with Gasteiger partial charge in [-0.15, -0.1) is 0 Å². The number of anilines is 1. The zero-order valence-electron chi connectivity index (χ0n) is 27.9. The first kappa shape index (κ1) is 40.8. The van der Waals surface area contributed by atoms with Crippen molar-refractivity contribution in [2.24, 2.45) is 0 Å². The van der Waals surface area contributed by atoms with Gasteiger partial charge in [-0.2, -0.15) is 0 Å². The number of nitrogens with two attached hydrogens (primary N) is 1. The maximum atomic E-state index is 11.9. The topological polar surface area (TPSA) is 228 Å². The number of nitro benzene ring substituents is 1. The number of carboxylic acids is 1. The SMILES string of the molecule is C1CCNC1.Nc1cncc(C(=O)N2CCCC2)c1.O=C(O)c1cncc([N+](=O)[O-])c1.O=C(c1cccc([N+](=O)[O-])c1)N1CCCC1.[3H][B].[U]. The number of likely N-dealkylation sites (tertiary alicyclic amines) is 2. The van der Waals surface area contributed by atoms with Crippen molar-refractivity contribution in [3.05, 3.63) is 98.1 Å². The number of aromatic carboxylic acids is 1. The van der Waals surface area contributed by atoms with Crippen LogP contribution >= 0.6 is 0 Å². The Morgan fingerprint density at radius 1 is 0.755 bits per heavy atom. The molecular formula is C31H39BN8O8U. The molecule has 4 N–H and O–H groups in total. The monoisotopic (exact) mass is 902 g/mol. The number of pyridine rings is 2. The Balaban J connectivity index is 0.000000341. The van der Waals surface area contributed by atoms with Gasteiger partial charge in [-0.25, -0.2) is 4.79 Å². The molecule has 16 nitrogen and oxygen atoms in total. The Kier molecular flexibility index (Phi) is 18.5. The third-order valence-corrected chi connectivity index (χ3v) is 7.24. The zero-order valence-corrected chi connectivity index (χ0v) is 31.1. The number of nitrogens with zero attached hydrogens (tertiary/aromatic N) is 6. The van der Waals surface area contributed by atoms with Crippen molar-refractivity contribution < 1.29 is 60.4 Å². The molecule has 0 saturated carbocycles. The number of aromatic nitrogens is 2. The summed E-state index contributed by atoms with van der Waals surface area (Å²) in [6.45, 7) is 5.71. The van der Waals surface area contributed by atoms with Crippen LogP contribution in [0.4, 0.5) is 17.1 Å². The molecule has 49 heavy (non-hydrogen) atoms. The van der Waals surface area contributed by atoms with Crippen LogP contribution in [0.1, 0.15) is 69.6 Å². The third-order valence-electron chi connectivity index (χ3n) is 7.24. The molecule has 3 aromatic rings. The van der Waals surface area contributed by atoms with Crippen LogP contribution in [0.15, 0.2) is 61.2 Å². The Morgan fingerprint density at radius 3 is 1.71 bits per heavy atom. The predicted octanol–water partition coefficient (Wildman–Crippen LogP) is 3.14. The van der Waals surface area contributed by atoms with Crippen LogP contribution in [0.2, 0.25) is 0 Å². The van der Waals surface area contributed by atoms with Crippen LogP contribution in [0.5, 0.6) is 0 Å². The summed E-state index contributed by atoms with van der Waals surface area (Å²) in [4.78, 5) is 64.5. The zero-order chi connectivity index (χ0) is 36.2. The Labute approximate surface area is 310 Å². The van der Waals surface area contributed by atoms with Gasteiger partial charge < -0.3 is 26.0 Å². The summed E-state index contributed by atoms with van der Waals surface area (Å²) in [5, 5.41) is 32.4. The minimum atomic E-state index is -1.23. The smallest absolute Gasteiger partial charge is 0.337 e. The molecule has 2 radical (unpaired) electrons. The third kappa shape index (κ3) is 14.3. The van der Waals surface area contributed by atoms with Gasteiger partial charge in [0.2, 0.25) is 0 Å². The number of hydrogen-bond acceptors (Lipinski definition) is 11. The van der Waals surface area contributed by atoms with E-state index in [1.54, 1.807) is 35.5 Å². The van der Waals surface area contributed by atoms with Crippen LogP contribution in [-0.2, 0) is 0 Å². The van der Waals surface area contributed by atoms with Crippen LogP contribution in [-0.4, -0.2) is 101 Å². The van der Waals surface area contributed by atoms with Crippen molar-refractivity contribution in [1.82, 2.24) is 25.1 Å². The van der Waals surface area contributed by atoms with Gasteiger partial charge in [-0.3, -0.25) is 39.8 Å². The summed E-state index contributed by atoms with van der Waals surface area (Å²) in [7, 11) is 3.75. The molecule has 258 valence electrons. The molecule has 0 bridgehead atoms. The molecular weight excluding hydrogens is 861 g/mol. The first-order chi connectivity index (χ1) is 23.6. The molecule has 0 aliphatic carbocycles. The molecule has 1 aromatic carbocycles. The van der Waals surface area contributed by atoms with E-state index in [0.717, 1.165) is 70.3 Å². The Morgan fingerprint density at radius 2 is 1.24 bits per heavy atom. The van der Waals surface area contributed by atoms with Crippen molar-refractivity contribution >= 4 is 43.2 Å². The molecule has 3 fully saturated rings. The van der Waals surface area contributed by atoms with Gasteiger partial charge in [0, 0.05) is 108 Å². The van der Waals surface area contributed by atoms with Crippen LogP contribution in [0.3, 0.4) is 0 Å². The predicted molar refractivity (Wildman–Crippen MR) is 179 cm³/mol. The van der Waals surface area contributed by atoms with Crippen LogP contribution in [0.25, 0.3) is 0 Å².